The van der Waals surface area contributed by atoms with E-state index < -0.39 is 5.60 Å². The Bertz CT molecular complexity index is 406. The molecule has 1 aromatic heterocycles. The van der Waals surface area contributed by atoms with Gasteiger partial charge in [0.1, 0.15) is 5.60 Å². The fourth-order valence-electron chi connectivity index (χ4n) is 2.62. The van der Waals surface area contributed by atoms with E-state index >= 15 is 0 Å². The Hall–Kier alpha value is -0.580. The van der Waals surface area contributed by atoms with E-state index in [4.69, 9.17) is 11.6 Å². The van der Waals surface area contributed by atoms with Crippen LogP contribution in [-0.2, 0) is 5.60 Å². The van der Waals surface area contributed by atoms with Crippen molar-refractivity contribution in [1.82, 2.24) is 14.7 Å². The van der Waals surface area contributed by atoms with Crippen LogP contribution in [0.5, 0.6) is 0 Å². The number of aliphatic hydroxyl groups is 1. The van der Waals surface area contributed by atoms with Gasteiger partial charge < -0.3 is 10.0 Å². The Kier molecular flexibility index (Phi) is 3.23. The lowest BCUT2D eigenvalue weighted by Gasteiger charge is -2.25. The zero-order valence-electron chi connectivity index (χ0n) is 10.8. The van der Waals surface area contributed by atoms with Crippen LogP contribution in [0.4, 0.5) is 0 Å². The predicted octanol–water partition coefficient (Wildman–Crippen LogP) is 2.03. The minimum absolute atomic E-state index is 0.197. The molecule has 0 radical (unpaired) electrons. The molecule has 5 heteroatoms. The zero-order valence-corrected chi connectivity index (χ0v) is 11.6. The molecule has 17 heavy (non-hydrogen) atoms. The van der Waals surface area contributed by atoms with Crippen LogP contribution in [0.3, 0.4) is 0 Å². The first-order valence-electron chi connectivity index (χ1n) is 6.01. The number of aromatic nitrogens is 2. The van der Waals surface area contributed by atoms with Gasteiger partial charge in [-0.1, -0.05) is 11.6 Å². The Morgan fingerprint density at radius 1 is 1.59 bits per heavy atom. The Labute approximate surface area is 107 Å². The predicted molar refractivity (Wildman–Crippen MR) is 68.2 cm³/mol. The van der Waals surface area contributed by atoms with Gasteiger partial charge in [-0.3, -0.25) is 4.68 Å². The van der Waals surface area contributed by atoms with E-state index in [0.717, 1.165) is 5.69 Å². The molecule has 0 aromatic carbocycles. The number of halogens is 1. The smallest absolute Gasteiger partial charge is 0.122 e. The Morgan fingerprint density at radius 3 is 2.71 bits per heavy atom. The molecule has 2 unspecified atom stereocenters. The summed E-state index contributed by atoms with van der Waals surface area (Å²) in [5.41, 5.74) is -0.128. The number of likely N-dealkylation sites (tertiary alicyclic amines) is 1. The van der Waals surface area contributed by atoms with E-state index in [-0.39, 0.29) is 6.04 Å². The monoisotopic (exact) mass is 257 g/mol. The van der Waals surface area contributed by atoms with Crippen molar-refractivity contribution in [2.24, 2.45) is 0 Å². The van der Waals surface area contributed by atoms with Crippen LogP contribution in [0, 0.1) is 0 Å². The van der Waals surface area contributed by atoms with Crippen molar-refractivity contribution in [2.45, 2.75) is 44.9 Å². The molecule has 0 saturated carbocycles. The quantitative estimate of drug-likeness (QED) is 0.882. The highest BCUT2D eigenvalue weighted by atomic mass is 35.5. The molecule has 96 valence electrons. The fourth-order valence-corrected chi connectivity index (χ4v) is 2.92. The zero-order chi connectivity index (χ0) is 12.8. The molecule has 1 aliphatic rings. The lowest BCUT2D eigenvalue weighted by Crippen LogP contribution is -2.33. The second-order valence-corrected chi connectivity index (χ2v) is 5.79. The van der Waals surface area contributed by atoms with Gasteiger partial charge in [0.15, 0.2) is 0 Å². The molecule has 2 heterocycles. The maximum Gasteiger partial charge on any atom is 0.122 e. The van der Waals surface area contributed by atoms with Gasteiger partial charge in [-0.25, -0.2) is 0 Å². The third kappa shape index (κ3) is 2.09. The van der Waals surface area contributed by atoms with Gasteiger partial charge in [0.25, 0.3) is 0 Å². The molecule has 0 amide bonds. The minimum atomic E-state index is -0.883. The summed E-state index contributed by atoms with van der Waals surface area (Å²) in [5.74, 6) is 0. The van der Waals surface area contributed by atoms with Gasteiger partial charge in [-0.15, -0.1) is 0 Å². The standard InChI is InChI=1S/C12H20ClN3O/c1-8(2)16-11(10(13)6-14-16)12(17)5-9(3)15(4)7-12/h6,8-9,17H,5,7H2,1-4H3. The lowest BCUT2D eigenvalue weighted by molar-refractivity contribution is 0.0381. The molecule has 1 aromatic rings. The lowest BCUT2D eigenvalue weighted by atomic mass is 9.96. The molecule has 2 atom stereocenters. The third-order valence-electron chi connectivity index (χ3n) is 3.58. The Balaban J connectivity index is 2.43. The van der Waals surface area contributed by atoms with E-state index in [1.165, 1.54) is 0 Å². The second-order valence-electron chi connectivity index (χ2n) is 5.38. The summed E-state index contributed by atoms with van der Waals surface area (Å²) in [4.78, 5) is 2.15. The first kappa shape index (κ1) is 12.9. The molecule has 1 fully saturated rings. The second kappa shape index (κ2) is 4.26. The molecule has 1 aliphatic heterocycles. The van der Waals surface area contributed by atoms with Crippen molar-refractivity contribution in [3.63, 3.8) is 0 Å². The van der Waals surface area contributed by atoms with E-state index in [1.807, 2.05) is 25.6 Å². The van der Waals surface area contributed by atoms with Gasteiger partial charge >= 0.3 is 0 Å². The van der Waals surface area contributed by atoms with Crippen molar-refractivity contribution in [3.8, 4) is 0 Å². The highest BCUT2D eigenvalue weighted by Crippen LogP contribution is 2.39. The highest BCUT2D eigenvalue weighted by molar-refractivity contribution is 6.31. The topological polar surface area (TPSA) is 41.3 Å². The summed E-state index contributed by atoms with van der Waals surface area (Å²) >= 11 is 6.19. The van der Waals surface area contributed by atoms with Crippen molar-refractivity contribution < 1.29 is 5.11 Å². The average Bonchev–Trinajstić information content (AvgIpc) is 2.70. The number of β-amino-alcohol motifs (C(OH)–C–C–N with tert-alkyl or cyclic N) is 1. The number of rotatable bonds is 2. The summed E-state index contributed by atoms with van der Waals surface area (Å²) in [6, 6.07) is 0.550. The van der Waals surface area contributed by atoms with E-state index in [0.29, 0.717) is 24.0 Å². The van der Waals surface area contributed by atoms with Crippen LogP contribution in [0.2, 0.25) is 5.02 Å². The number of likely N-dealkylation sites (N-methyl/N-ethyl adjacent to an activating group) is 1. The summed E-state index contributed by atoms with van der Waals surface area (Å²) in [6.45, 7) is 6.80. The van der Waals surface area contributed by atoms with Gasteiger partial charge in [-0.05, 0) is 34.2 Å². The highest BCUT2D eigenvalue weighted by Gasteiger charge is 2.44. The molecule has 0 bridgehead atoms. The maximum atomic E-state index is 10.8. The van der Waals surface area contributed by atoms with Gasteiger partial charge in [0, 0.05) is 18.6 Å². The van der Waals surface area contributed by atoms with E-state index in [9.17, 15) is 5.11 Å². The van der Waals surface area contributed by atoms with Crippen LogP contribution in [0.1, 0.15) is 38.9 Å². The number of hydrogen-bond donors (Lipinski definition) is 1. The summed E-state index contributed by atoms with van der Waals surface area (Å²) < 4.78 is 1.83. The van der Waals surface area contributed by atoms with Gasteiger partial charge in [0.2, 0.25) is 0 Å². The summed E-state index contributed by atoms with van der Waals surface area (Å²) in [6.07, 6.45) is 2.32. The molecule has 1 saturated heterocycles. The molecule has 4 nitrogen and oxygen atoms in total. The largest absolute Gasteiger partial charge is 0.382 e. The van der Waals surface area contributed by atoms with Crippen molar-refractivity contribution in [1.29, 1.82) is 0 Å². The third-order valence-corrected chi connectivity index (χ3v) is 3.85. The van der Waals surface area contributed by atoms with E-state index in [2.05, 4.69) is 16.9 Å². The van der Waals surface area contributed by atoms with E-state index in [1.54, 1.807) is 6.20 Å². The van der Waals surface area contributed by atoms with Crippen molar-refractivity contribution >= 4 is 11.6 Å². The van der Waals surface area contributed by atoms with Crippen LogP contribution in [0.25, 0.3) is 0 Å². The number of nitrogens with zero attached hydrogens (tertiary/aromatic N) is 3. The SMILES string of the molecule is CC1CC(O)(c2c(Cl)cnn2C(C)C)CN1C. The van der Waals surface area contributed by atoms with Crippen LogP contribution < -0.4 is 0 Å². The molecule has 0 spiro atoms. The molecule has 1 N–H and O–H groups in total. The molecule has 2 rings (SSSR count). The first-order valence-corrected chi connectivity index (χ1v) is 6.39. The molecular formula is C12H20ClN3O. The summed E-state index contributed by atoms with van der Waals surface area (Å²) in [7, 11) is 2.02. The first-order chi connectivity index (χ1) is 7.85. The molecular weight excluding hydrogens is 238 g/mol. The average molecular weight is 258 g/mol. The molecule has 0 aliphatic carbocycles. The van der Waals surface area contributed by atoms with Crippen LogP contribution >= 0.6 is 11.6 Å². The van der Waals surface area contributed by atoms with Crippen LogP contribution in [0.15, 0.2) is 6.20 Å². The van der Waals surface area contributed by atoms with Crippen molar-refractivity contribution in [3.05, 3.63) is 16.9 Å². The van der Waals surface area contributed by atoms with Crippen molar-refractivity contribution in [2.75, 3.05) is 13.6 Å². The van der Waals surface area contributed by atoms with Crippen LogP contribution in [-0.4, -0.2) is 39.4 Å². The fraction of sp³-hybridized carbons (Fsp3) is 0.750. The minimum Gasteiger partial charge on any atom is -0.382 e. The maximum absolute atomic E-state index is 10.8. The van der Waals surface area contributed by atoms with Gasteiger partial charge in [-0.2, -0.15) is 5.10 Å². The number of hydrogen-bond acceptors (Lipinski definition) is 3. The summed E-state index contributed by atoms with van der Waals surface area (Å²) in [5, 5.41) is 15.6. The van der Waals surface area contributed by atoms with Gasteiger partial charge in [0.05, 0.1) is 16.9 Å². The Morgan fingerprint density at radius 2 is 2.24 bits per heavy atom. The normalized spacial score (nSPS) is 30.4.